The first-order chi connectivity index (χ1) is 8.31. The molecule has 0 bridgehead atoms. The summed E-state index contributed by atoms with van der Waals surface area (Å²) in [7, 11) is 0. The molecule has 0 radical (unpaired) electrons. The zero-order valence-corrected chi connectivity index (χ0v) is 12.3. The van der Waals surface area contributed by atoms with Crippen molar-refractivity contribution in [3.8, 4) is 0 Å². The molecule has 2 N–H and O–H groups in total. The Labute approximate surface area is 115 Å². The second kappa shape index (κ2) is 6.20. The number of amides is 1. The van der Waals surface area contributed by atoms with Crippen LogP contribution in [-0.4, -0.2) is 23.4 Å². The largest absolute Gasteiger partial charge is 0.444 e. The lowest BCUT2D eigenvalue weighted by Gasteiger charge is -2.23. The van der Waals surface area contributed by atoms with Crippen LogP contribution in [-0.2, 0) is 4.74 Å². The number of ether oxygens (including phenoxy) is 1. The van der Waals surface area contributed by atoms with Crippen LogP contribution in [0.2, 0.25) is 0 Å². The highest BCUT2D eigenvalue weighted by molar-refractivity contribution is 9.10. The maximum atomic E-state index is 11.6. The van der Waals surface area contributed by atoms with Crippen molar-refractivity contribution in [3.63, 3.8) is 0 Å². The van der Waals surface area contributed by atoms with Gasteiger partial charge in [0.2, 0.25) is 0 Å². The lowest BCUT2D eigenvalue weighted by molar-refractivity contribution is 0.0482. The molecule has 0 aliphatic carbocycles. The van der Waals surface area contributed by atoms with E-state index in [2.05, 4.69) is 21.2 Å². The van der Waals surface area contributed by atoms with Gasteiger partial charge < -0.3 is 15.2 Å². The summed E-state index contributed by atoms with van der Waals surface area (Å²) in [5.41, 5.74) is 0.274. The average Bonchev–Trinajstić information content (AvgIpc) is 2.25. The van der Waals surface area contributed by atoms with Crippen molar-refractivity contribution in [3.05, 3.63) is 34.3 Å². The molecule has 0 heterocycles. The quantitative estimate of drug-likeness (QED) is 0.901. The third-order valence-corrected chi connectivity index (χ3v) is 2.67. The molecule has 0 saturated carbocycles. The third kappa shape index (κ3) is 5.06. The first kappa shape index (κ1) is 15.0. The van der Waals surface area contributed by atoms with Gasteiger partial charge in [0.25, 0.3) is 0 Å². The highest BCUT2D eigenvalue weighted by Gasteiger charge is 2.19. The molecule has 1 atom stereocenters. The number of rotatable bonds is 3. The monoisotopic (exact) mass is 315 g/mol. The van der Waals surface area contributed by atoms with Gasteiger partial charge in [0, 0.05) is 4.47 Å². The van der Waals surface area contributed by atoms with Gasteiger partial charge in [-0.3, -0.25) is 0 Å². The van der Waals surface area contributed by atoms with E-state index in [0.717, 1.165) is 10.0 Å². The number of carbonyl (C=O) groups excluding carboxylic acids is 1. The number of alkyl carbamates (subject to hydrolysis) is 1. The molecule has 1 aromatic rings. The van der Waals surface area contributed by atoms with E-state index in [1.54, 1.807) is 20.8 Å². The van der Waals surface area contributed by atoms with Gasteiger partial charge in [0.1, 0.15) is 5.60 Å². The standard InChI is InChI=1S/C13H18BrNO3/c1-13(2,3)18-12(17)15-11(8-16)9-4-6-10(14)7-5-9/h4-7,11,16H,8H2,1-3H3,(H,15,17)/t11-/m1/s1. The Morgan fingerprint density at radius 1 is 1.39 bits per heavy atom. The van der Waals surface area contributed by atoms with Crippen LogP contribution < -0.4 is 5.32 Å². The Kier molecular flexibility index (Phi) is 5.16. The summed E-state index contributed by atoms with van der Waals surface area (Å²) in [6.07, 6.45) is -0.538. The van der Waals surface area contributed by atoms with Gasteiger partial charge in [-0.1, -0.05) is 28.1 Å². The number of hydrogen-bond acceptors (Lipinski definition) is 3. The molecule has 0 saturated heterocycles. The Hall–Kier alpha value is -1.07. The molecule has 100 valence electrons. The maximum absolute atomic E-state index is 11.6. The van der Waals surface area contributed by atoms with Gasteiger partial charge in [-0.25, -0.2) is 4.79 Å². The Balaban J connectivity index is 2.68. The predicted octanol–water partition coefficient (Wildman–Crippen LogP) is 3.01. The number of benzene rings is 1. The van der Waals surface area contributed by atoms with Crippen LogP contribution in [0.4, 0.5) is 4.79 Å². The zero-order chi connectivity index (χ0) is 13.8. The summed E-state index contributed by atoms with van der Waals surface area (Å²) in [6.45, 7) is 5.20. The second-order valence-corrected chi connectivity index (χ2v) is 5.85. The molecular weight excluding hydrogens is 298 g/mol. The number of hydrogen-bond donors (Lipinski definition) is 2. The van der Waals surface area contributed by atoms with Gasteiger partial charge in [-0.15, -0.1) is 0 Å². The SMILES string of the molecule is CC(C)(C)OC(=O)N[C@H](CO)c1ccc(Br)cc1. The van der Waals surface area contributed by atoms with E-state index in [1.807, 2.05) is 24.3 Å². The van der Waals surface area contributed by atoms with E-state index in [-0.39, 0.29) is 6.61 Å². The molecule has 0 aromatic heterocycles. The van der Waals surface area contributed by atoms with Crippen molar-refractivity contribution in [1.82, 2.24) is 5.32 Å². The van der Waals surface area contributed by atoms with Crippen LogP contribution in [0.1, 0.15) is 32.4 Å². The molecule has 1 amide bonds. The van der Waals surface area contributed by atoms with E-state index >= 15 is 0 Å². The number of carbonyl (C=O) groups is 1. The Bertz CT molecular complexity index is 398. The van der Waals surface area contributed by atoms with Crippen LogP contribution >= 0.6 is 15.9 Å². The average molecular weight is 316 g/mol. The van der Waals surface area contributed by atoms with Gasteiger partial charge >= 0.3 is 6.09 Å². The number of halogens is 1. The van der Waals surface area contributed by atoms with Crippen LogP contribution in [0, 0.1) is 0 Å². The Morgan fingerprint density at radius 3 is 2.39 bits per heavy atom. The molecule has 0 spiro atoms. The lowest BCUT2D eigenvalue weighted by Crippen LogP contribution is -2.36. The van der Waals surface area contributed by atoms with Gasteiger partial charge in [0.05, 0.1) is 12.6 Å². The molecule has 5 heteroatoms. The lowest BCUT2D eigenvalue weighted by atomic mass is 10.1. The summed E-state index contributed by atoms with van der Waals surface area (Å²) in [6, 6.07) is 6.92. The number of aliphatic hydroxyl groups is 1. The van der Waals surface area contributed by atoms with E-state index in [1.165, 1.54) is 0 Å². The zero-order valence-electron chi connectivity index (χ0n) is 10.7. The molecule has 0 aliphatic rings. The van der Waals surface area contributed by atoms with Crippen LogP contribution in [0.15, 0.2) is 28.7 Å². The van der Waals surface area contributed by atoms with Crippen molar-refractivity contribution >= 4 is 22.0 Å². The molecule has 0 unspecified atom stereocenters. The van der Waals surface area contributed by atoms with E-state index in [9.17, 15) is 9.90 Å². The summed E-state index contributed by atoms with van der Waals surface area (Å²) in [5, 5.41) is 11.9. The highest BCUT2D eigenvalue weighted by atomic mass is 79.9. The molecule has 18 heavy (non-hydrogen) atoms. The summed E-state index contributed by atoms with van der Waals surface area (Å²) < 4.78 is 6.09. The molecule has 1 rings (SSSR count). The molecule has 0 fully saturated rings. The first-order valence-electron chi connectivity index (χ1n) is 5.67. The van der Waals surface area contributed by atoms with Crippen LogP contribution in [0.25, 0.3) is 0 Å². The van der Waals surface area contributed by atoms with Gasteiger partial charge in [-0.05, 0) is 38.5 Å². The van der Waals surface area contributed by atoms with E-state index in [0.29, 0.717) is 0 Å². The maximum Gasteiger partial charge on any atom is 0.408 e. The minimum Gasteiger partial charge on any atom is -0.444 e. The van der Waals surface area contributed by atoms with Crippen LogP contribution in [0.3, 0.4) is 0 Å². The smallest absolute Gasteiger partial charge is 0.408 e. The van der Waals surface area contributed by atoms with E-state index < -0.39 is 17.7 Å². The molecule has 4 nitrogen and oxygen atoms in total. The van der Waals surface area contributed by atoms with Crippen molar-refractivity contribution in [2.45, 2.75) is 32.4 Å². The Morgan fingerprint density at radius 2 is 1.94 bits per heavy atom. The van der Waals surface area contributed by atoms with Crippen molar-refractivity contribution in [1.29, 1.82) is 0 Å². The highest BCUT2D eigenvalue weighted by Crippen LogP contribution is 2.17. The van der Waals surface area contributed by atoms with Gasteiger partial charge in [-0.2, -0.15) is 0 Å². The molecular formula is C13H18BrNO3. The summed E-state index contributed by atoms with van der Waals surface area (Å²) in [4.78, 5) is 11.6. The fourth-order valence-electron chi connectivity index (χ4n) is 1.38. The van der Waals surface area contributed by atoms with Gasteiger partial charge in [0.15, 0.2) is 0 Å². The minimum atomic E-state index is -0.552. The summed E-state index contributed by atoms with van der Waals surface area (Å²) >= 11 is 3.33. The summed E-state index contributed by atoms with van der Waals surface area (Å²) in [5.74, 6) is 0. The fourth-order valence-corrected chi connectivity index (χ4v) is 1.64. The molecule has 0 aliphatic heterocycles. The second-order valence-electron chi connectivity index (χ2n) is 4.93. The first-order valence-corrected chi connectivity index (χ1v) is 6.47. The fraction of sp³-hybridized carbons (Fsp3) is 0.462. The normalized spacial score (nSPS) is 12.9. The van der Waals surface area contributed by atoms with E-state index in [4.69, 9.17) is 4.74 Å². The van der Waals surface area contributed by atoms with Crippen molar-refractivity contribution < 1.29 is 14.6 Å². The third-order valence-electron chi connectivity index (χ3n) is 2.15. The topological polar surface area (TPSA) is 58.6 Å². The minimum absolute atomic E-state index is 0.180. The van der Waals surface area contributed by atoms with Crippen molar-refractivity contribution in [2.75, 3.05) is 6.61 Å². The predicted molar refractivity (Wildman–Crippen MR) is 73.3 cm³/mol. The number of nitrogens with one attached hydrogen (secondary N) is 1. The molecule has 1 aromatic carbocycles. The van der Waals surface area contributed by atoms with Crippen LogP contribution in [0.5, 0.6) is 0 Å². The van der Waals surface area contributed by atoms with Crippen molar-refractivity contribution in [2.24, 2.45) is 0 Å². The number of aliphatic hydroxyl groups excluding tert-OH is 1.